The van der Waals surface area contributed by atoms with E-state index in [0.717, 1.165) is 0 Å². The van der Waals surface area contributed by atoms with Crippen LogP contribution in [0.3, 0.4) is 0 Å². The number of carbonyl (C=O) groups excluding carboxylic acids is 1. The molecule has 0 aliphatic heterocycles. The maximum Gasteiger partial charge on any atom is 0.200 e. The van der Waals surface area contributed by atoms with Gasteiger partial charge in [0.2, 0.25) is 0 Å². The first-order chi connectivity index (χ1) is 11.8. The van der Waals surface area contributed by atoms with Crippen LogP contribution in [0.15, 0.2) is 48.5 Å². The molecule has 2 fully saturated rings. The summed E-state index contributed by atoms with van der Waals surface area (Å²) < 4.78 is 11.8. The molecule has 0 spiro atoms. The smallest absolute Gasteiger partial charge is 0.200 e. The van der Waals surface area contributed by atoms with Gasteiger partial charge in [0.05, 0.1) is 24.3 Å². The lowest BCUT2D eigenvalue weighted by molar-refractivity contribution is 0.103. The summed E-state index contributed by atoms with van der Waals surface area (Å²) in [5.41, 5.74) is 1.22. The Bertz CT molecular complexity index is 668. The summed E-state index contributed by atoms with van der Waals surface area (Å²) in [6, 6.07) is 15.0. The monoisotopic (exact) mass is 322 g/mol. The highest BCUT2D eigenvalue weighted by molar-refractivity contribution is 6.12. The quantitative estimate of drug-likeness (QED) is 0.672. The minimum Gasteiger partial charge on any atom is -0.493 e. The molecule has 24 heavy (non-hydrogen) atoms. The summed E-state index contributed by atoms with van der Waals surface area (Å²) in [7, 11) is 0. The molecular weight excluding hydrogens is 300 g/mol. The lowest BCUT2D eigenvalue weighted by Gasteiger charge is -2.13. The maximum atomic E-state index is 13.0. The number of carbonyl (C=O) groups is 1. The summed E-state index contributed by atoms with van der Waals surface area (Å²) in [4.78, 5) is 13.0. The molecule has 0 saturated heterocycles. The molecule has 0 atom stereocenters. The molecule has 2 aliphatic rings. The van der Waals surface area contributed by atoms with E-state index in [1.54, 1.807) is 0 Å². The van der Waals surface area contributed by atoms with E-state index in [4.69, 9.17) is 9.47 Å². The number of hydrogen-bond acceptors (Lipinski definition) is 3. The highest BCUT2D eigenvalue weighted by Gasteiger charge is 2.25. The fraction of sp³-hybridized carbons (Fsp3) is 0.381. The van der Waals surface area contributed by atoms with E-state index < -0.39 is 0 Å². The zero-order valence-electron chi connectivity index (χ0n) is 13.7. The third-order valence-electron chi connectivity index (χ3n) is 4.61. The van der Waals surface area contributed by atoms with Crippen LogP contribution in [-0.2, 0) is 0 Å². The number of benzene rings is 2. The molecule has 2 aromatic rings. The molecule has 124 valence electrons. The largest absolute Gasteiger partial charge is 0.493 e. The zero-order chi connectivity index (χ0) is 16.4. The van der Waals surface area contributed by atoms with Crippen LogP contribution in [0.25, 0.3) is 0 Å². The Morgan fingerprint density at radius 3 is 1.58 bits per heavy atom. The molecule has 0 bridgehead atoms. The summed E-state index contributed by atoms with van der Waals surface area (Å²) in [6.45, 7) is 1.40. The Morgan fingerprint density at radius 2 is 1.17 bits per heavy atom. The molecule has 0 radical (unpaired) electrons. The molecule has 0 amide bonds. The fourth-order valence-electron chi connectivity index (χ4n) is 2.69. The first-order valence-electron chi connectivity index (χ1n) is 8.79. The average Bonchev–Trinajstić information content (AvgIpc) is 3.53. The van der Waals surface area contributed by atoms with Crippen molar-refractivity contribution in [2.45, 2.75) is 25.7 Å². The van der Waals surface area contributed by atoms with Crippen LogP contribution in [0.4, 0.5) is 0 Å². The summed E-state index contributed by atoms with van der Waals surface area (Å²) in [6.07, 6.45) is 4.92. The van der Waals surface area contributed by atoms with Gasteiger partial charge in [-0.2, -0.15) is 0 Å². The van der Waals surface area contributed by atoms with Crippen molar-refractivity contribution >= 4 is 5.78 Å². The van der Waals surface area contributed by atoms with Gasteiger partial charge in [-0.15, -0.1) is 0 Å². The number of rotatable bonds is 8. The van der Waals surface area contributed by atoms with Gasteiger partial charge >= 0.3 is 0 Å². The van der Waals surface area contributed by atoms with Crippen molar-refractivity contribution in [2.75, 3.05) is 13.2 Å². The van der Waals surface area contributed by atoms with E-state index in [1.165, 1.54) is 25.7 Å². The molecule has 2 aliphatic carbocycles. The molecule has 2 saturated carbocycles. The lowest BCUT2D eigenvalue weighted by atomic mass is 10.0. The molecule has 2 aromatic carbocycles. The second kappa shape index (κ2) is 6.68. The lowest BCUT2D eigenvalue weighted by Crippen LogP contribution is -2.10. The van der Waals surface area contributed by atoms with Crippen LogP contribution >= 0.6 is 0 Å². The Labute approximate surface area is 142 Å². The average molecular weight is 322 g/mol. The molecular formula is C21H22O3. The fourth-order valence-corrected chi connectivity index (χ4v) is 2.69. The normalized spacial score (nSPS) is 16.7. The Hall–Kier alpha value is -2.29. The minimum absolute atomic E-state index is 0.0345. The predicted octanol–water partition coefficient (Wildman–Crippen LogP) is 4.50. The van der Waals surface area contributed by atoms with Crippen molar-refractivity contribution < 1.29 is 14.3 Å². The van der Waals surface area contributed by atoms with Crippen molar-refractivity contribution in [3.8, 4) is 11.5 Å². The van der Waals surface area contributed by atoms with E-state index >= 15 is 0 Å². The third-order valence-corrected chi connectivity index (χ3v) is 4.61. The maximum absolute atomic E-state index is 13.0. The third kappa shape index (κ3) is 3.61. The first-order valence-corrected chi connectivity index (χ1v) is 8.79. The second-order valence-corrected chi connectivity index (χ2v) is 6.83. The molecule has 3 nitrogen and oxygen atoms in total. The topological polar surface area (TPSA) is 35.5 Å². The van der Waals surface area contributed by atoms with Crippen LogP contribution in [0.5, 0.6) is 11.5 Å². The standard InChI is InChI=1S/C21H22O3/c22-21(17-5-1-3-7-19(17)23-13-15-9-10-15)18-6-2-4-8-20(18)24-14-16-11-12-16/h1-8,15-16H,9-14H2. The molecule has 0 aromatic heterocycles. The number of ether oxygens (including phenoxy) is 2. The predicted molar refractivity (Wildman–Crippen MR) is 92.8 cm³/mol. The second-order valence-electron chi connectivity index (χ2n) is 6.83. The SMILES string of the molecule is O=C(c1ccccc1OCC1CC1)c1ccccc1OCC1CC1. The molecule has 3 heteroatoms. The summed E-state index contributed by atoms with van der Waals surface area (Å²) in [5.74, 6) is 2.62. The Balaban J connectivity index is 1.56. The van der Waals surface area contributed by atoms with Crippen LogP contribution in [0.1, 0.15) is 41.6 Å². The number of ketones is 1. The van der Waals surface area contributed by atoms with Crippen molar-refractivity contribution in [1.29, 1.82) is 0 Å². The number of hydrogen-bond donors (Lipinski definition) is 0. The van der Waals surface area contributed by atoms with Crippen molar-refractivity contribution in [3.05, 3.63) is 59.7 Å². The first kappa shape index (κ1) is 15.3. The van der Waals surface area contributed by atoms with Gasteiger partial charge in [0, 0.05) is 0 Å². The van der Waals surface area contributed by atoms with E-state index in [-0.39, 0.29) is 5.78 Å². The van der Waals surface area contributed by atoms with Gasteiger partial charge in [-0.1, -0.05) is 24.3 Å². The van der Waals surface area contributed by atoms with E-state index in [2.05, 4.69) is 0 Å². The van der Waals surface area contributed by atoms with E-state index in [1.807, 2.05) is 48.5 Å². The summed E-state index contributed by atoms with van der Waals surface area (Å²) in [5, 5.41) is 0. The van der Waals surface area contributed by atoms with Crippen LogP contribution in [-0.4, -0.2) is 19.0 Å². The minimum atomic E-state index is -0.0345. The van der Waals surface area contributed by atoms with Gasteiger partial charge in [0.15, 0.2) is 5.78 Å². The van der Waals surface area contributed by atoms with Crippen molar-refractivity contribution in [3.63, 3.8) is 0 Å². The zero-order valence-corrected chi connectivity index (χ0v) is 13.7. The molecule has 4 rings (SSSR count). The van der Waals surface area contributed by atoms with Gasteiger partial charge in [-0.25, -0.2) is 0 Å². The number of para-hydroxylation sites is 2. The van der Waals surface area contributed by atoms with Crippen LogP contribution in [0.2, 0.25) is 0 Å². The molecule has 0 unspecified atom stereocenters. The van der Waals surface area contributed by atoms with Gasteiger partial charge in [0.25, 0.3) is 0 Å². The molecule has 0 N–H and O–H groups in total. The van der Waals surface area contributed by atoms with Crippen molar-refractivity contribution in [2.24, 2.45) is 11.8 Å². The summed E-state index contributed by atoms with van der Waals surface area (Å²) >= 11 is 0. The van der Waals surface area contributed by atoms with Gasteiger partial charge in [-0.3, -0.25) is 4.79 Å². The van der Waals surface area contributed by atoms with Gasteiger partial charge in [0.1, 0.15) is 11.5 Å². The van der Waals surface area contributed by atoms with Gasteiger partial charge in [-0.05, 0) is 61.8 Å². The van der Waals surface area contributed by atoms with Crippen molar-refractivity contribution in [1.82, 2.24) is 0 Å². The Morgan fingerprint density at radius 1 is 0.750 bits per heavy atom. The van der Waals surface area contributed by atoms with Crippen LogP contribution < -0.4 is 9.47 Å². The highest BCUT2D eigenvalue weighted by atomic mass is 16.5. The highest BCUT2D eigenvalue weighted by Crippen LogP contribution is 2.33. The van der Waals surface area contributed by atoms with E-state index in [9.17, 15) is 4.79 Å². The molecule has 0 heterocycles. The van der Waals surface area contributed by atoms with E-state index in [0.29, 0.717) is 47.7 Å². The van der Waals surface area contributed by atoms with Crippen LogP contribution in [0, 0.1) is 11.8 Å². The van der Waals surface area contributed by atoms with Gasteiger partial charge < -0.3 is 9.47 Å². The Kier molecular flexibility index (Phi) is 4.24.